The third kappa shape index (κ3) is 5.57. The average Bonchev–Trinajstić information content (AvgIpc) is 2.76. The van der Waals surface area contributed by atoms with E-state index in [0.29, 0.717) is 6.42 Å². The Morgan fingerprint density at radius 1 is 1.24 bits per heavy atom. The van der Waals surface area contributed by atoms with Crippen molar-refractivity contribution in [1.82, 2.24) is 9.62 Å². The lowest BCUT2D eigenvalue weighted by molar-refractivity contribution is -0.144. The number of nitrogens with one attached hydrogen (secondary N) is 1. The third-order valence-electron chi connectivity index (χ3n) is 5.82. The minimum absolute atomic E-state index is 0.0136. The molecule has 0 radical (unpaired) electrons. The fourth-order valence-corrected chi connectivity index (χ4v) is 5.09. The summed E-state index contributed by atoms with van der Waals surface area (Å²) < 4.78 is 32.3. The van der Waals surface area contributed by atoms with Gasteiger partial charge in [-0.1, -0.05) is 45.6 Å². The van der Waals surface area contributed by atoms with Gasteiger partial charge in [0.15, 0.2) is 0 Å². The number of carbonyl (C=O) groups excluding carboxylic acids is 2. The van der Waals surface area contributed by atoms with Crippen molar-refractivity contribution in [2.24, 2.45) is 5.92 Å². The molecule has 1 aromatic rings. The second-order valence-corrected chi connectivity index (χ2v) is 9.70. The second-order valence-electron chi connectivity index (χ2n) is 7.70. The summed E-state index contributed by atoms with van der Waals surface area (Å²) in [6.45, 7) is 3.77. The Hall–Kier alpha value is -1.93. The molecule has 0 heterocycles. The molecule has 1 aliphatic carbocycles. The van der Waals surface area contributed by atoms with Crippen LogP contribution < -0.4 is 5.32 Å². The summed E-state index contributed by atoms with van der Waals surface area (Å²) in [6, 6.07) is 5.16. The van der Waals surface area contributed by atoms with Crippen molar-refractivity contribution in [3.8, 4) is 0 Å². The van der Waals surface area contributed by atoms with Crippen LogP contribution in [0.5, 0.6) is 0 Å². The molecule has 1 N–H and O–H groups in total. The Bertz CT molecular complexity index is 818. The predicted octanol–water partition coefficient (Wildman–Crippen LogP) is 2.96. The van der Waals surface area contributed by atoms with Gasteiger partial charge in [-0.2, -0.15) is 4.31 Å². The fraction of sp³-hybridized carbons (Fsp3) is 0.619. The first-order valence-electron chi connectivity index (χ1n) is 10.2. The van der Waals surface area contributed by atoms with Crippen molar-refractivity contribution >= 4 is 21.9 Å². The Labute approximate surface area is 173 Å². The standard InChI is InChI=1S/C21H32N2O5S/c1-5-15(2)19(21(25)28-4)22-20(24)16-10-9-13-18(14-16)29(26,27)23(3)17-11-7-6-8-12-17/h9-10,13-15,17,19H,5-8,11-12H2,1-4H3,(H,22,24). The number of carbonyl (C=O) groups is 2. The lowest BCUT2D eigenvalue weighted by Crippen LogP contribution is -2.45. The average molecular weight is 425 g/mol. The van der Waals surface area contributed by atoms with Crippen LogP contribution in [0.15, 0.2) is 29.2 Å². The van der Waals surface area contributed by atoms with Gasteiger partial charge in [0.05, 0.1) is 12.0 Å². The highest BCUT2D eigenvalue weighted by atomic mass is 32.2. The molecule has 1 fully saturated rings. The van der Waals surface area contributed by atoms with Gasteiger partial charge in [0.1, 0.15) is 6.04 Å². The highest BCUT2D eigenvalue weighted by molar-refractivity contribution is 7.89. The fourth-order valence-electron chi connectivity index (χ4n) is 3.63. The highest BCUT2D eigenvalue weighted by Gasteiger charge is 2.30. The molecule has 2 rings (SSSR count). The number of hydrogen-bond donors (Lipinski definition) is 1. The van der Waals surface area contributed by atoms with Gasteiger partial charge in [0.2, 0.25) is 10.0 Å². The van der Waals surface area contributed by atoms with Crippen molar-refractivity contribution in [3.63, 3.8) is 0 Å². The van der Waals surface area contributed by atoms with Gasteiger partial charge in [-0.15, -0.1) is 0 Å². The van der Waals surface area contributed by atoms with Crippen molar-refractivity contribution < 1.29 is 22.7 Å². The SMILES string of the molecule is CCC(C)C(NC(=O)c1cccc(S(=O)(=O)N(C)C2CCCCC2)c1)C(=O)OC. The van der Waals surface area contributed by atoms with Crippen LogP contribution in [0, 0.1) is 5.92 Å². The Kier molecular flexibility index (Phi) is 8.22. The van der Waals surface area contributed by atoms with Crippen LogP contribution in [0.3, 0.4) is 0 Å². The monoisotopic (exact) mass is 424 g/mol. The van der Waals surface area contributed by atoms with Crippen molar-refractivity contribution in [2.45, 2.75) is 69.4 Å². The van der Waals surface area contributed by atoms with Gasteiger partial charge in [-0.05, 0) is 37.0 Å². The van der Waals surface area contributed by atoms with Gasteiger partial charge in [-0.25, -0.2) is 13.2 Å². The quantitative estimate of drug-likeness (QED) is 0.648. The third-order valence-corrected chi connectivity index (χ3v) is 7.72. The zero-order chi connectivity index (χ0) is 21.6. The van der Waals surface area contributed by atoms with Crippen LogP contribution in [0.4, 0.5) is 0 Å². The molecule has 29 heavy (non-hydrogen) atoms. The zero-order valence-corrected chi connectivity index (χ0v) is 18.5. The van der Waals surface area contributed by atoms with Gasteiger partial charge in [-0.3, -0.25) is 4.79 Å². The van der Waals surface area contributed by atoms with E-state index in [-0.39, 0.29) is 22.4 Å². The minimum Gasteiger partial charge on any atom is -0.467 e. The number of ether oxygens (including phenoxy) is 1. The normalized spacial score (nSPS) is 17.6. The number of nitrogens with zero attached hydrogens (tertiary/aromatic N) is 1. The van der Waals surface area contributed by atoms with E-state index >= 15 is 0 Å². The Morgan fingerprint density at radius 2 is 1.90 bits per heavy atom. The number of sulfonamides is 1. The number of esters is 1. The van der Waals surface area contributed by atoms with Crippen LogP contribution in [0.2, 0.25) is 0 Å². The summed E-state index contributed by atoms with van der Waals surface area (Å²) in [7, 11) is -0.822. The largest absolute Gasteiger partial charge is 0.467 e. The molecule has 1 saturated carbocycles. The number of benzene rings is 1. The maximum atomic E-state index is 13.1. The van der Waals surface area contributed by atoms with Crippen molar-refractivity contribution in [1.29, 1.82) is 0 Å². The first kappa shape index (κ1) is 23.3. The van der Waals surface area contributed by atoms with E-state index < -0.39 is 27.9 Å². The molecule has 1 aromatic carbocycles. The van der Waals surface area contributed by atoms with Gasteiger partial charge in [0.25, 0.3) is 5.91 Å². The molecule has 2 unspecified atom stereocenters. The van der Waals surface area contributed by atoms with E-state index in [9.17, 15) is 18.0 Å². The number of amides is 1. The summed E-state index contributed by atoms with van der Waals surface area (Å²) >= 11 is 0. The molecule has 0 aromatic heterocycles. The van der Waals surface area contributed by atoms with Gasteiger partial charge < -0.3 is 10.1 Å². The molecule has 0 aliphatic heterocycles. The van der Waals surface area contributed by atoms with Crippen LogP contribution in [0.1, 0.15) is 62.7 Å². The molecule has 2 atom stereocenters. The van der Waals surface area contributed by atoms with Crippen LogP contribution >= 0.6 is 0 Å². The van der Waals surface area contributed by atoms with E-state index in [2.05, 4.69) is 5.32 Å². The van der Waals surface area contributed by atoms with E-state index in [0.717, 1.165) is 32.1 Å². The first-order chi connectivity index (χ1) is 13.7. The lowest BCUT2D eigenvalue weighted by Gasteiger charge is -2.30. The molecule has 162 valence electrons. The molecule has 8 heteroatoms. The molecule has 1 amide bonds. The van der Waals surface area contributed by atoms with Crippen LogP contribution in [-0.4, -0.2) is 50.8 Å². The summed E-state index contributed by atoms with van der Waals surface area (Å²) in [6.07, 6.45) is 5.57. The smallest absolute Gasteiger partial charge is 0.328 e. The summed E-state index contributed by atoms with van der Waals surface area (Å²) in [4.78, 5) is 24.8. The molecule has 0 saturated heterocycles. The lowest BCUT2D eigenvalue weighted by atomic mass is 9.96. The van der Waals surface area contributed by atoms with Crippen LogP contribution in [-0.2, 0) is 19.6 Å². The van der Waals surface area contributed by atoms with E-state index in [1.807, 2.05) is 13.8 Å². The molecule has 7 nitrogen and oxygen atoms in total. The highest BCUT2D eigenvalue weighted by Crippen LogP contribution is 2.26. The van der Waals surface area contributed by atoms with E-state index in [1.54, 1.807) is 19.2 Å². The molecule has 0 bridgehead atoms. The maximum Gasteiger partial charge on any atom is 0.328 e. The molecular weight excluding hydrogens is 392 g/mol. The predicted molar refractivity (Wildman–Crippen MR) is 111 cm³/mol. The molecular formula is C21H32N2O5S. The van der Waals surface area contributed by atoms with Crippen LogP contribution in [0.25, 0.3) is 0 Å². The van der Waals surface area contributed by atoms with Crippen molar-refractivity contribution in [3.05, 3.63) is 29.8 Å². The zero-order valence-electron chi connectivity index (χ0n) is 17.7. The number of methoxy groups -OCH3 is 1. The van der Waals surface area contributed by atoms with Gasteiger partial charge in [0, 0.05) is 18.7 Å². The number of rotatable bonds is 8. The molecule has 0 spiro atoms. The topological polar surface area (TPSA) is 92.8 Å². The Balaban J connectivity index is 2.23. The second kappa shape index (κ2) is 10.2. The maximum absolute atomic E-state index is 13.1. The summed E-state index contributed by atoms with van der Waals surface area (Å²) in [5.74, 6) is -1.14. The summed E-state index contributed by atoms with van der Waals surface area (Å²) in [5, 5.41) is 2.68. The minimum atomic E-state index is -3.70. The van der Waals surface area contributed by atoms with E-state index in [1.165, 1.54) is 23.5 Å². The number of hydrogen-bond acceptors (Lipinski definition) is 5. The van der Waals surface area contributed by atoms with Gasteiger partial charge >= 0.3 is 5.97 Å². The first-order valence-corrected chi connectivity index (χ1v) is 11.6. The molecule has 1 aliphatic rings. The van der Waals surface area contributed by atoms with Crippen molar-refractivity contribution in [2.75, 3.05) is 14.2 Å². The van der Waals surface area contributed by atoms with E-state index in [4.69, 9.17) is 4.74 Å². The Morgan fingerprint density at radius 3 is 2.48 bits per heavy atom. The summed E-state index contributed by atoms with van der Waals surface area (Å²) in [5.41, 5.74) is 0.195.